The molecule has 1 saturated carbocycles. The van der Waals surface area contributed by atoms with Gasteiger partial charge in [0.2, 0.25) is 0 Å². The van der Waals surface area contributed by atoms with Crippen LogP contribution < -0.4 is 5.32 Å². The topological polar surface area (TPSA) is 63.2 Å². The Kier molecular flexibility index (Phi) is 4.88. The summed E-state index contributed by atoms with van der Waals surface area (Å²) in [4.78, 5) is 11.7. The summed E-state index contributed by atoms with van der Waals surface area (Å²) in [5.41, 5.74) is 0.159. The fourth-order valence-corrected chi connectivity index (χ4v) is 3.45. The van der Waals surface area contributed by atoms with E-state index in [-0.39, 0.29) is 16.0 Å². The SMILES string of the molecule is Cc1c(C(=O)NCCCC2CC2)cc(F)cc1S(=O)(=O)Cl. The molecule has 0 bridgehead atoms. The molecule has 2 rings (SSSR count). The molecule has 0 aromatic heterocycles. The van der Waals surface area contributed by atoms with Crippen LogP contribution in [-0.2, 0) is 9.05 Å². The molecule has 7 heteroatoms. The lowest BCUT2D eigenvalue weighted by Crippen LogP contribution is -2.26. The quantitative estimate of drug-likeness (QED) is 0.643. The molecule has 0 atom stereocenters. The number of amides is 1. The number of carbonyl (C=O) groups excluding carboxylic acids is 1. The smallest absolute Gasteiger partial charge is 0.261 e. The van der Waals surface area contributed by atoms with E-state index in [1.54, 1.807) is 0 Å². The Morgan fingerprint density at radius 3 is 2.67 bits per heavy atom. The zero-order valence-electron chi connectivity index (χ0n) is 11.7. The van der Waals surface area contributed by atoms with E-state index >= 15 is 0 Å². The van der Waals surface area contributed by atoms with Gasteiger partial charge in [-0.15, -0.1) is 0 Å². The summed E-state index contributed by atoms with van der Waals surface area (Å²) in [6.07, 6.45) is 4.46. The molecule has 1 amide bonds. The number of rotatable bonds is 6. The number of nitrogens with one attached hydrogen (secondary N) is 1. The van der Waals surface area contributed by atoms with Crippen molar-refractivity contribution in [3.8, 4) is 0 Å². The highest BCUT2D eigenvalue weighted by Gasteiger charge is 2.22. The lowest BCUT2D eigenvalue weighted by Gasteiger charge is -2.10. The molecule has 4 nitrogen and oxygen atoms in total. The molecule has 0 spiro atoms. The summed E-state index contributed by atoms with van der Waals surface area (Å²) in [7, 11) is 1.17. The van der Waals surface area contributed by atoms with E-state index in [9.17, 15) is 17.6 Å². The Hall–Kier alpha value is -1.14. The van der Waals surface area contributed by atoms with Crippen LogP contribution in [0, 0.1) is 18.7 Å². The lowest BCUT2D eigenvalue weighted by molar-refractivity contribution is 0.0951. The van der Waals surface area contributed by atoms with Crippen molar-refractivity contribution in [3.63, 3.8) is 0 Å². The molecule has 0 aliphatic heterocycles. The van der Waals surface area contributed by atoms with E-state index < -0.39 is 20.8 Å². The third kappa shape index (κ3) is 4.41. The molecule has 1 aromatic carbocycles. The van der Waals surface area contributed by atoms with Crippen molar-refractivity contribution in [3.05, 3.63) is 29.1 Å². The van der Waals surface area contributed by atoms with Crippen LogP contribution in [0.15, 0.2) is 17.0 Å². The zero-order valence-corrected chi connectivity index (χ0v) is 13.2. The molecule has 1 N–H and O–H groups in total. The van der Waals surface area contributed by atoms with Gasteiger partial charge in [0.1, 0.15) is 5.82 Å². The minimum atomic E-state index is -4.09. The van der Waals surface area contributed by atoms with Gasteiger partial charge in [-0.3, -0.25) is 4.79 Å². The van der Waals surface area contributed by atoms with E-state index in [0.29, 0.717) is 6.54 Å². The molecule has 0 heterocycles. The first-order valence-corrected chi connectivity index (χ1v) is 9.13. The molecule has 0 saturated heterocycles. The lowest BCUT2D eigenvalue weighted by atomic mass is 10.1. The van der Waals surface area contributed by atoms with Crippen molar-refractivity contribution in [2.75, 3.05) is 6.54 Å². The zero-order chi connectivity index (χ0) is 15.6. The Morgan fingerprint density at radius 1 is 1.43 bits per heavy atom. The summed E-state index contributed by atoms with van der Waals surface area (Å²) in [6, 6.07) is 1.85. The standard InChI is InChI=1S/C14H17ClFNO3S/c1-9-12(7-11(16)8-13(9)21(15,19)20)14(18)17-6-2-3-10-4-5-10/h7-8,10H,2-6H2,1H3,(H,17,18). The van der Waals surface area contributed by atoms with Gasteiger partial charge in [0, 0.05) is 22.8 Å². The molecule has 0 radical (unpaired) electrons. The first-order valence-electron chi connectivity index (χ1n) is 6.82. The predicted molar refractivity (Wildman–Crippen MR) is 78.5 cm³/mol. The number of benzene rings is 1. The number of carbonyl (C=O) groups is 1. The predicted octanol–water partition coefficient (Wildman–Crippen LogP) is 2.98. The van der Waals surface area contributed by atoms with Crippen LogP contribution >= 0.6 is 10.7 Å². The van der Waals surface area contributed by atoms with E-state index in [2.05, 4.69) is 5.32 Å². The second-order valence-electron chi connectivity index (χ2n) is 5.36. The largest absolute Gasteiger partial charge is 0.352 e. The summed E-state index contributed by atoms with van der Waals surface area (Å²) in [5, 5.41) is 2.69. The Bertz CT molecular complexity index is 656. The van der Waals surface area contributed by atoms with Crippen LogP contribution in [0.1, 0.15) is 41.6 Å². The van der Waals surface area contributed by atoms with Crippen LogP contribution in [-0.4, -0.2) is 20.9 Å². The number of hydrogen-bond donors (Lipinski definition) is 1. The molecule has 1 aromatic rings. The third-order valence-corrected chi connectivity index (χ3v) is 5.05. The maximum atomic E-state index is 13.5. The minimum absolute atomic E-state index is 0.000599. The maximum Gasteiger partial charge on any atom is 0.261 e. The van der Waals surface area contributed by atoms with Gasteiger partial charge in [-0.05, 0) is 43.4 Å². The van der Waals surface area contributed by atoms with Gasteiger partial charge in [0.25, 0.3) is 15.0 Å². The normalized spacial score (nSPS) is 15.0. The second-order valence-corrected chi connectivity index (χ2v) is 7.89. The first kappa shape index (κ1) is 16.2. The highest BCUT2D eigenvalue weighted by atomic mass is 35.7. The fourth-order valence-electron chi connectivity index (χ4n) is 2.24. The van der Waals surface area contributed by atoms with Gasteiger partial charge in [-0.25, -0.2) is 12.8 Å². The van der Waals surface area contributed by atoms with Crippen LogP contribution in [0.25, 0.3) is 0 Å². The van der Waals surface area contributed by atoms with Gasteiger partial charge < -0.3 is 5.32 Å². The van der Waals surface area contributed by atoms with Crippen molar-refractivity contribution in [1.82, 2.24) is 5.32 Å². The summed E-state index contributed by atoms with van der Waals surface area (Å²) in [5.74, 6) is -0.502. The molecular formula is C14H17ClFNO3S. The maximum absolute atomic E-state index is 13.5. The van der Waals surface area contributed by atoms with Gasteiger partial charge in [0.05, 0.1) is 4.90 Å². The van der Waals surface area contributed by atoms with E-state index in [4.69, 9.17) is 10.7 Å². The van der Waals surface area contributed by atoms with Crippen LogP contribution in [0.5, 0.6) is 0 Å². The molecule has 116 valence electrons. The van der Waals surface area contributed by atoms with Crippen molar-refractivity contribution in [2.45, 2.75) is 37.5 Å². The molecule has 0 unspecified atom stereocenters. The van der Waals surface area contributed by atoms with Gasteiger partial charge in [-0.2, -0.15) is 0 Å². The average Bonchev–Trinajstić information content (AvgIpc) is 3.19. The van der Waals surface area contributed by atoms with Crippen LogP contribution in [0.4, 0.5) is 4.39 Å². The van der Waals surface area contributed by atoms with Gasteiger partial charge >= 0.3 is 0 Å². The van der Waals surface area contributed by atoms with Crippen LogP contribution in [0.3, 0.4) is 0 Å². The highest BCUT2D eigenvalue weighted by molar-refractivity contribution is 8.13. The summed E-state index contributed by atoms with van der Waals surface area (Å²) < 4.78 is 36.3. The second kappa shape index (κ2) is 6.32. The summed E-state index contributed by atoms with van der Waals surface area (Å²) in [6.45, 7) is 1.93. The third-order valence-electron chi connectivity index (χ3n) is 3.60. The van der Waals surface area contributed by atoms with E-state index in [1.807, 2.05) is 0 Å². The minimum Gasteiger partial charge on any atom is -0.352 e. The van der Waals surface area contributed by atoms with Crippen molar-refractivity contribution in [1.29, 1.82) is 0 Å². The van der Waals surface area contributed by atoms with Crippen LogP contribution in [0.2, 0.25) is 0 Å². The Labute approximate surface area is 128 Å². The number of halogens is 2. The monoisotopic (exact) mass is 333 g/mol. The average molecular weight is 334 g/mol. The Balaban J connectivity index is 2.10. The highest BCUT2D eigenvalue weighted by Crippen LogP contribution is 2.33. The van der Waals surface area contributed by atoms with Crippen molar-refractivity contribution >= 4 is 25.6 Å². The fraction of sp³-hybridized carbons (Fsp3) is 0.500. The van der Waals surface area contributed by atoms with E-state index in [1.165, 1.54) is 19.8 Å². The molecule has 1 aliphatic carbocycles. The number of hydrogen-bond acceptors (Lipinski definition) is 3. The molecular weight excluding hydrogens is 317 g/mol. The van der Waals surface area contributed by atoms with E-state index in [0.717, 1.165) is 30.9 Å². The van der Waals surface area contributed by atoms with Crippen molar-refractivity contribution < 1.29 is 17.6 Å². The van der Waals surface area contributed by atoms with Crippen molar-refractivity contribution in [2.24, 2.45) is 5.92 Å². The molecule has 21 heavy (non-hydrogen) atoms. The summed E-state index contributed by atoms with van der Waals surface area (Å²) >= 11 is 0. The first-order chi connectivity index (χ1) is 9.79. The molecule has 1 aliphatic rings. The van der Waals surface area contributed by atoms with Gasteiger partial charge in [-0.1, -0.05) is 12.8 Å². The Morgan fingerprint density at radius 2 is 2.10 bits per heavy atom. The van der Waals surface area contributed by atoms with Gasteiger partial charge in [0.15, 0.2) is 0 Å². The molecule has 1 fully saturated rings.